The number of aliphatic hydroxyl groups excluding tert-OH is 2. The Hall–Kier alpha value is -0.200. The lowest BCUT2D eigenvalue weighted by molar-refractivity contribution is -0.240. The molecule has 5 unspecified atom stereocenters. The molecule has 2 aliphatic rings. The molecule has 5 nitrogen and oxygen atoms in total. The van der Waals surface area contributed by atoms with Crippen molar-refractivity contribution in [2.24, 2.45) is 0 Å². The predicted molar refractivity (Wildman–Crippen MR) is 37.2 cm³/mol. The Kier molecular flexibility index (Phi) is 2.05. The number of hydrogen-bond acceptors (Lipinski definition) is 5. The minimum absolute atomic E-state index is 0.338. The fourth-order valence-electron chi connectivity index (χ4n) is 1.51. The summed E-state index contributed by atoms with van der Waals surface area (Å²) in [5.74, 6) is 0. The van der Waals surface area contributed by atoms with Crippen LogP contribution in [0.2, 0.25) is 0 Å². The minimum atomic E-state index is -1.14. The topological polar surface area (TPSA) is 68.2 Å². The normalized spacial score (nSPS) is 53.8. The molecule has 12 heavy (non-hydrogen) atoms. The van der Waals surface area contributed by atoms with E-state index in [0.717, 1.165) is 0 Å². The van der Waals surface area contributed by atoms with Crippen LogP contribution >= 0.6 is 0 Å². The first-order chi connectivity index (χ1) is 5.68. The Balaban J connectivity index is 2.05. The van der Waals surface area contributed by atoms with Crippen LogP contribution in [0.5, 0.6) is 0 Å². The van der Waals surface area contributed by atoms with Gasteiger partial charge in [0, 0.05) is 0 Å². The maximum Gasteiger partial charge on any atom is 0.184 e. The third-order valence-electron chi connectivity index (χ3n) is 2.15. The largest absolute Gasteiger partial charge is 0.385 e. The van der Waals surface area contributed by atoms with Crippen LogP contribution in [0.4, 0.5) is 0 Å². The zero-order chi connectivity index (χ0) is 8.72. The van der Waals surface area contributed by atoms with Gasteiger partial charge in [0.25, 0.3) is 0 Å². The molecule has 0 aromatic rings. The molecular weight excluding hydrogens is 164 g/mol. The summed E-state index contributed by atoms with van der Waals surface area (Å²) in [6, 6.07) is 0. The Morgan fingerprint density at radius 3 is 2.75 bits per heavy atom. The van der Waals surface area contributed by atoms with Gasteiger partial charge in [0.2, 0.25) is 0 Å². The molecule has 0 bridgehead atoms. The van der Waals surface area contributed by atoms with Gasteiger partial charge in [0.1, 0.15) is 18.3 Å². The van der Waals surface area contributed by atoms with Crippen molar-refractivity contribution in [1.29, 1.82) is 0 Å². The minimum Gasteiger partial charge on any atom is -0.385 e. The van der Waals surface area contributed by atoms with Crippen LogP contribution in [-0.2, 0) is 14.2 Å². The van der Waals surface area contributed by atoms with Gasteiger partial charge in [-0.1, -0.05) is 0 Å². The molecular formula is C7H12O5. The number of hydrogen-bond donors (Lipinski definition) is 2. The van der Waals surface area contributed by atoms with E-state index in [1.165, 1.54) is 0 Å². The van der Waals surface area contributed by atoms with Gasteiger partial charge in [0.15, 0.2) is 12.6 Å². The first-order valence-electron chi connectivity index (χ1n) is 3.97. The molecule has 2 aliphatic heterocycles. The average Bonchev–Trinajstić information content (AvgIpc) is 2.31. The Bertz CT molecular complexity index is 173. The molecule has 5 heteroatoms. The van der Waals surface area contributed by atoms with Crippen molar-refractivity contribution in [3.63, 3.8) is 0 Å². The second-order valence-electron chi connectivity index (χ2n) is 3.06. The molecule has 2 rings (SSSR count). The predicted octanol–water partition coefficient (Wildman–Crippen LogP) is -1.17. The van der Waals surface area contributed by atoms with Gasteiger partial charge in [-0.25, -0.2) is 0 Å². The molecule has 2 saturated heterocycles. The van der Waals surface area contributed by atoms with Crippen LogP contribution in [-0.4, -0.2) is 47.7 Å². The molecule has 0 spiro atoms. The maximum atomic E-state index is 9.36. The second-order valence-corrected chi connectivity index (χ2v) is 3.06. The molecule has 0 aromatic heterocycles. The fourth-order valence-corrected chi connectivity index (χ4v) is 1.51. The van der Waals surface area contributed by atoms with E-state index in [4.69, 9.17) is 19.3 Å². The molecule has 0 aromatic carbocycles. The van der Waals surface area contributed by atoms with Crippen molar-refractivity contribution in [3.8, 4) is 0 Å². The number of aliphatic hydroxyl groups is 2. The maximum absolute atomic E-state index is 9.36. The van der Waals surface area contributed by atoms with Gasteiger partial charge in [-0.3, -0.25) is 0 Å². The van der Waals surface area contributed by atoms with E-state index in [-0.39, 0.29) is 12.4 Å². The molecule has 5 atom stereocenters. The molecule has 2 N–H and O–H groups in total. The summed E-state index contributed by atoms with van der Waals surface area (Å²) < 4.78 is 15.3. The zero-order valence-electron chi connectivity index (χ0n) is 6.71. The molecule has 70 valence electrons. The highest BCUT2D eigenvalue weighted by atomic mass is 16.7. The summed E-state index contributed by atoms with van der Waals surface area (Å²) in [7, 11) is 0. The summed E-state index contributed by atoms with van der Waals surface area (Å²) in [5, 5.41) is 18.5. The van der Waals surface area contributed by atoms with Gasteiger partial charge >= 0.3 is 0 Å². The van der Waals surface area contributed by atoms with Crippen molar-refractivity contribution >= 4 is 0 Å². The van der Waals surface area contributed by atoms with Crippen molar-refractivity contribution in [3.05, 3.63) is 0 Å². The lowest BCUT2D eigenvalue weighted by atomic mass is 10.1. The molecule has 0 aliphatic carbocycles. The van der Waals surface area contributed by atoms with Gasteiger partial charge < -0.3 is 24.4 Å². The molecule has 0 saturated carbocycles. The smallest absolute Gasteiger partial charge is 0.184 e. The van der Waals surface area contributed by atoms with E-state index in [1.807, 2.05) is 0 Å². The fraction of sp³-hybridized carbons (Fsp3) is 1.00. The van der Waals surface area contributed by atoms with Gasteiger partial charge in [-0.2, -0.15) is 0 Å². The first kappa shape index (κ1) is 8.40. The summed E-state index contributed by atoms with van der Waals surface area (Å²) in [5.41, 5.74) is 0. The quantitative estimate of drug-likeness (QED) is 0.486. The molecule has 0 radical (unpaired) electrons. The highest BCUT2D eigenvalue weighted by Crippen LogP contribution is 2.27. The first-order valence-corrected chi connectivity index (χ1v) is 3.97. The van der Waals surface area contributed by atoms with Crippen LogP contribution in [0.3, 0.4) is 0 Å². The number of fused-ring (bicyclic) bond motifs is 1. The summed E-state index contributed by atoms with van der Waals surface area (Å²) >= 11 is 0. The van der Waals surface area contributed by atoms with E-state index >= 15 is 0 Å². The lowest BCUT2D eigenvalue weighted by Gasteiger charge is -2.30. The Labute approximate surface area is 69.8 Å². The van der Waals surface area contributed by atoms with Gasteiger partial charge in [-0.15, -0.1) is 0 Å². The summed E-state index contributed by atoms with van der Waals surface area (Å²) in [6.45, 7) is 2.10. The van der Waals surface area contributed by atoms with E-state index in [0.29, 0.717) is 6.61 Å². The third-order valence-corrected chi connectivity index (χ3v) is 2.15. The second kappa shape index (κ2) is 2.93. The summed E-state index contributed by atoms with van der Waals surface area (Å²) in [4.78, 5) is 0. The van der Waals surface area contributed by atoms with Gasteiger partial charge in [-0.05, 0) is 6.92 Å². The highest BCUT2D eigenvalue weighted by Gasteiger charge is 2.47. The average molecular weight is 176 g/mol. The Morgan fingerprint density at radius 1 is 1.25 bits per heavy atom. The molecule has 2 fully saturated rings. The van der Waals surface area contributed by atoms with Crippen molar-refractivity contribution in [2.45, 2.75) is 37.8 Å². The van der Waals surface area contributed by atoms with Gasteiger partial charge in [0.05, 0.1) is 6.61 Å². The SMILES string of the molecule is CC1OCC2OC(O)C(O)C2O1. The monoisotopic (exact) mass is 176 g/mol. The molecule has 2 heterocycles. The van der Waals surface area contributed by atoms with Crippen LogP contribution < -0.4 is 0 Å². The zero-order valence-corrected chi connectivity index (χ0v) is 6.71. The van der Waals surface area contributed by atoms with E-state index in [2.05, 4.69) is 0 Å². The van der Waals surface area contributed by atoms with Crippen molar-refractivity contribution < 1.29 is 24.4 Å². The van der Waals surface area contributed by atoms with Crippen LogP contribution in [0.1, 0.15) is 6.92 Å². The van der Waals surface area contributed by atoms with E-state index in [1.54, 1.807) is 6.92 Å². The Morgan fingerprint density at radius 2 is 2.00 bits per heavy atom. The molecule has 0 amide bonds. The van der Waals surface area contributed by atoms with Crippen LogP contribution in [0.25, 0.3) is 0 Å². The highest BCUT2D eigenvalue weighted by molar-refractivity contribution is 4.89. The van der Waals surface area contributed by atoms with Crippen molar-refractivity contribution in [1.82, 2.24) is 0 Å². The van der Waals surface area contributed by atoms with Crippen molar-refractivity contribution in [2.75, 3.05) is 6.61 Å². The van der Waals surface area contributed by atoms with Crippen LogP contribution in [0, 0.1) is 0 Å². The number of ether oxygens (including phenoxy) is 3. The number of rotatable bonds is 0. The van der Waals surface area contributed by atoms with E-state index in [9.17, 15) is 5.11 Å². The summed E-state index contributed by atoms with van der Waals surface area (Å²) in [6.07, 6.45) is -3.24. The van der Waals surface area contributed by atoms with E-state index < -0.39 is 18.5 Å². The van der Waals surface area contributed by atoms with Crippen LogP contribution in [0.15, 0.2) is 0 Å². The standard InChI is InChI=1S/C7H12O5/c1-3-10-2-4-6(11-3)5(8)7(9)12-4/h3-9H,2H2,1H3. The lowest BCUT2D eigenvalue weighted by Crippen LogP contribution is -2.44. The third kappa shape index (κ3) is 1.23.